The second-order valence-electron chi connectivity index (χ2n) is 4.52. The summed E-state index contributed by atoms with van der Waals surface area (Å²) in [5.41, 5.74) is -0.306. The molecule has 0 saturated heterocycles. The van der Waals surface area contributed by atoms with Crippen molar-refractivity contribution in [2.75, 3.05) is 6.61 Å². The van der Waals surface area contributed by atoms with Gasteiger partial charge in [0.1, 0.15) is 11.5 Å². The molecule has 1 aliphatic rings. The van der Waals surface area contributed by atoms with Crippen LogP contribution in [0.5, 0.6) is 11.5 Å². The van der Waals surface area contributed by atoms with Crippen LogP contribution in [0.1, 0.15) is 18.1 Å². The maximum Gasteiger partial charge on any atom is 0.429 e. The summed E-state index contributed by atoms with van der Waals surface area (Å²) in [7, 11) is 0. The van der Waals surface area contributed by atoms with E-state index >= 15 is 0 Å². The van der Waals surface area contributed by atoms with Crippen LogP contribution >= 0.6 is 0 Å². The molecule has 1 atom stereocenters. The van der Waals surface area contributed by atoms with Crippen LogP contribution in [0.15, 0.2) is 17.7 Å². The topological polar surface area (TPSA) is 58.6 Å². The third-order valence-electron chi connectivity index (χ3n) is 2.95. The molecule has 0 bridgehead atoms. The van der Waals surface area contributed by atoms with Gasteiger partial charge < -0.3 is 19.4 Å². The molecule has 1 unspecified atom stereocenters. The molecule has 1 aliphatic heterocycles. The third-order valence-corrected chi connectivity index (χ3v) is 2.95. The lowest BCUT2D eigenvalue weighted by Gasteiger charge is -2.30. The number of hydrogen-bond donors (Lipinski definition) is 0. The molecule has 4 nitrogen and oxygen atoms in total. The standard InChI is InChI=1S/C14H13F3O4/c1-3-20-9-4-7(2)11-8(5-9)6-10(13(18)19)12(21-11)14(15,16)17/h4-6,12H,3H2,1-2H3,(H,18,19)/p-1. The monoisotopic (exact) mass is 301 g/mol. The van der Waals surface area contributed by atoms with E-state index in [9.17, 15) is 23.1 Å². The lowest BCUT2D eigenvalue weighted by Crippen LogP contribution is -2.44. The third kappa shape index (κ3) is 2.96. The molecule has 2 rings (SSSR count). The second kappa shape index (κ2) is 5.31. The Hall–Kier alpha value is -2.18. The summed E-state index contributed by atoms with van der Waals surface area (Å²) >= 11 is 0. The van der Waals surface area contributed by atoms with Gasteiger partial charge in [-0.2, -0.15) is 13.2 Å². The normalized spacial score (nSPS) is 17.6. The van der Waals surface area contributed by atoms with Gasteiger partial charge in [-0.15, -0.1) is 0 Å². The highest BCUT2D eigenvalue weighted by atomic mass is 19.4. The molecule has 0 fully saturated rings. The molecule has 0 radical (unpaired) electrons. The molecule has 1 heterocycles. The van der Waals surface area contributed by atoms with Crippen LogP contribution in [-0.2, 0) is 4.79 Å². The van der Waals surface area contributed by atoms with E-state index in [1.807, 2.05) is 0 Å². The fraction of sp³-hybridized carbons (Fsp3) is 0.357. The zero-order chi connectivity index (χ0) is 15.8. The van der Waals surface area contributed by atoms with Crippen molar-refractivity contribution < 1.29 is 32.5 Å². The van der Waals surface area contributed by atoms with E-state index in [-0.39, 0.29) is 11.3 Å². The number of carboxylic acid groups (broad SMARTS) is 1. The Kier molecular flexibility index (Phi) is 3.85. The molecular weight excluding hydrogens is 289 g/mol. The van der Waals surface area contributed by atoms with Crippen molar-refractivity contribution in [1.82, 2.24) is 0 Å². The van der Waals surface area contributed by atoms with E-state index < -0.39 is 23.8 Å². The van der Waals surface area contributed by atoms with Crippen LogP contribution in [0, 0.1) is 6.92 Å². The second-order valence-corrected chi connectivity index (χ2v) is 4.52. The number of aliphatic carboxylic acids is 1. The maximum absolute atomic E-state index is 12.9. The van der Waals surface area contributed by atoms with Gasteiger partial charge in [-0.1, -0.05) is 0 Å². The Labute approximate surface area is 118 Å². The zero-order valence-electron chi connectivity index (χ0n) is 11.3. The molecule has 0 aliphatic carbocycles. The van der Waals surface area contributed by atoms with Crippen LogP contribution in [0.3, 0.4) is 0 Å². The lowest BCUT2D eigenvalue weighted by molar-refractivity contribution is -0.302. The highest BCUT2D eigenvalue weighted by molar-refractivity contribution is 5.93. The Morgan fingerprint density at radius 3 is 2.62 bits per heavy atom. The predicted octanol–water partition coefficient (Wildman–Crippen LogP) is 1.85. The highest BCUT2D eigenvalue weighted by Gasteiger charge is 2.46. The molecule has 0 spiro atoms. The minimum atomic E-state index is -4.84. The van der Waals surface area contributed by atoms with E-state index in [0.29, 0.717) is 17.9 Å². The quantitative estimate of drug-likeness (QED) is 0.855. The molecule has 1 aromatic rings. The number of hydrogen-bond acceptors (Lipinski definition) is 4. The van der Waals surface area contributed by atoms with Crippen LogP contribution in [0.4, 0.5) is 13.2 Å². The average molecular weight is 301 g/mol. The van der Waals surface area contributed by atoms with Crippen LogP contribution in [0.25, 0.3) is 6.08 Å². The van der Waals surface area contributed by atoms with Gasteiger partial charge in [0.15, 0.2) is 0 Å². The van der Waals surface area contributed by atoms with Crippen molar-refractivity contribution in [3.8, 4) is 11.5 Å². The van der Waals surface area contributed by atoms with E-state index in [4.69, 9.17) is 9.47 Å². The van der Waals surface area contributed by atoms with Gasteiger partial charge in [0.05, 0.1) is 12.6 Å². The number of halogens is 3. The van der Waals surface area contributed by atoms with E-state index in [2.05, 4.69) is 0 Å². The Balaban J connectivity index is 2.55. The molecular formula is C14H12F3O4-. The van der Waals surface area contributed by atoms with Crippen molar-refractivity contribution >= 4 is 12.0 Å². The first-order chi connectivity index (χ1) is 9.74. The minimum absolute atomic E-state index is 0.00854. The Morgan fingerprint density at radius 1 is 1.43 bits per heavy atom. The van der Waals surface area contributed by atoms with Crippen LogP contribution < -0.4 is 14.6 Å². The SMILES string of the molecule is CCOc1cc(C)c2c(c1)C=C(C(=O)[O-])C(C(F)(F)F)O2. The molecule has 0 N–H and O–H groups in total. The molecule has 7 heteroatoms. The first kappa shape index (κ1) is 15.2. The molecule has 114 valence electrons. The Bertz CT molecular complexity index is 605. The minimum Gasteiger partial charge on any atom is -0.545 e. The highest BCUT2D eigenvalue weighted by Crippen LogP contribution is 2.40. The van der Waals surface area contributed by atoms with Crippen LogP contribution in [-0.4, -0.2) is 24.9 Å². The molecule has 0 saturated carbocycles. The average Bonchev–Trinajstić information content (AvgIpc) is 2.36. The smallest absolute Gasteiger partial charge is 0.429 e. The van der Waals surface area contributed by atoms with Crippen molar-refractivity contribution in [3.05, 3.63) is 28.8 Å². The summed E-state index contributed by atoms with van der Waals surface area (Å²) < 4.78 is 48.8. The summed E-state index contributed by atoms with van der Waals surface area (Å²) in [6.45, 7) is 3.70. The number of ether oxygens (including phenoxy) is 2. The van der Waals surface area contributed by atoms with Crippen LogP contribution in [0.2, 0.25) is 0 Å². The maximum atomic E-state index is 12.9. The molecule has 0 aromatic heterocycles. The lowest BCUT2D eigenvalue weighted by atomic mass is 9.99. The summed E-state index contributed by atoms with van der Waals surface area (Å²) in [6.07, 6.45) is -6.46. The van der Waals surface area contributed by atoms with Gasteiger partial charge in [-0.25, -0.2) is 0 Å². The number of benzene rings is 1. The number of rotatable bonds is 3. The van der Waals surface area contributed by atoms with Gasteiger partial charge >= 0.3 is 6.18 Å². The number of fused-ring (bicyclic) bond motifs is 1. The van der Waals surface area contributed by atoms with Crippen molar-refractivity contribution in [2.24, 2.45) is 0 Å². The molecule has 1 aromatic carbocycles. The van der Waals surface area contributed by atoms with Gasteiger partial charge in [0, 0.05) is 11.1 Å². The predicted molar refractivity (Wildman–Crippen MR) is 65.8 cm³/mol. The summed E-state index contributed by atoms with van der Waals surface area (Å²) in [4.78, 5) is 10.9. The van der Waals surface area contributed by atoms with Crippen molar-refractivity contribution in [3.63, 3.8) is 0 Å². The Morgan fingerprint density at radius 2 is 2.10 bits per heavy atom. The summed E-state index contributed by atoms with van der Waals surface area (Å²) in [6, 6.07) is 2.97. The zero-order valence-corrected chi connectivity index (χ0v) is 11.3. The van der Waals surface area contributed by atoms with E-state index in [1.165, 1.54) is 12.1 Å². The molecule has 21 heavy (non-hydrogen) atoms. The summed E-state index contributed by atoms with van der Waals surface area (Å²) in [5, 5.41) is 10.9. The van der Waals surface area contributed by atoms with E-state index in [1.54, 1.807) is 13.8 Å². The number of alkyl halides is 3. The first-order valence-corrected chi connectivity index (χ1v) is 6.17. The number of aryl methyl sites for hydroxylation is 1. The summed E-state index contributed by atoms with van der Waals surface area (Å²) in [5.74, 6) is -1.50. The molecule has 0 amide bonds. The fourth-order valence-corrected chi connectivity index (χ4v) is 2.12. The van der Waals surface area contributed by atoms with Gasteiger partial charge in [-0.3, -0.25) is 0 Å². The number of carboxylic acids is 1. The first-order valence-electron chi connectivity index (χ1n) is 6.17. The number of carbonyl (C=O) groups is 1. The van der Waals surface area contributed by atoms with E-state index in [0.717, 1.165) is 6.08 Å². The van der Waals surface area contributed by atoms with Gasteiger partial charge in [0.2, 0.25) is 6.10 Å². The number of carbonyl (C=O) groups excluding carboxylic acids is 1. The van der Waals surface area contributed by atoms with Crippen molar-refractivity contribution in [1.29, 1.82) is 0 Å². The van der Waals surface area contributed by atoms with Gasteiger partial charge in [0.25, 0.3) is 0 Å². The van der Waals surface area contributed by atoms with Gasteiger partial charge in [-0.05, 0) is 37.6 Å². The van der Waals surface area contributed by atoms with Crippen molar-refractivity contribution in [2.45, 2.75) is 26.1 Å². The fourth-order valence-electron chi connectivity index (χ4n) is 2.12. The largest absolute Gasteiger partial charge is 0.545 e.